The molecule has 1 aliphatic heterocycles. The quantitative estimate of drug-likeness (QED) is 0.731. The number of ether oxygens (including phenoxy) is 2. The molecule has 0 saturated heterocycles. The van der Waals surface area contributed by atoms with E-state index in [2.05, 4.69) is 5.32 Å². The van der Waals surface area contributed by atoms with Crippen LogP contribution in [0.1, 0.15) is 17.2 Å². The lowest BCUT2D eigenvalue weighted by Crippen LogP contribution is -3.09. The molecule has 0 fully saturated rings. The average Bonchev–Trinajstić information content (AvgIpc) is 3.03. The first kappa shape index (κ1) is 16.8. The highest BCUT2D eigenvalue weighted by Gasteiger charge is 2.30. The minimum atomic E-state index is -0.859. The normalized spacial score (nSPS) is 14.6. The van der Waals surface area contributed by atoms with Crippen molar-refractivity contribution in [2.24, 2.45) is 5.73 Å². The monoisotopic (exact) mass is 342 g/mol. The molecule has 2 atom stereocenters. The number of hydrogen-bond acceptors (Lipinski definition) is 4. The zero-order chi connectivity index (χ0) is 17.8. The van der Waals surface area contributed by atoms with E-state index in [4.69, 9.17) is 15.2 Å². The summed E-state index contributed by atoms with van der Waals surface area (Å²) in [5.74, 6) is 0.979. The summed E-state index contributed by atoms with van der Waals surface area (Å²) in [6, 6.07) is 13.6. The van der Waals surface area contributed by atoms with Gasteiger partial charge in [0.1, 0.15) is 6.54 Å². The van der Waals surface area contributed by atoms with Crippen molar-refractivity contribution in [3.8, 4) is 11.5 Å². The summed E-state index contributed by atoms with van der Waals surface area (Å²) in [4.78, 5) is 24.5. The molecule has 0 radical (unpaired) electrons. The molecular formula is C18H20N3O4+. The minimum Gasteiger partial charge on any atom is -0.454 e. The summed E-state index contributed by atoms with van der Waals surface area (Å²) in [6.45, 7) is 0.775. The molecule has 0 aromatic heterocycles. The molecule has 0 bridgehead atoms. The van der Waals surface area contributed by atoms with Crippen molar-refractivity contribution in [2.45, 2.75) is 12.6 Å². The van der Waals surface area contributed by atoms with Crippen LogP contribution in [-0.4, -0.2) is 25.8 Å². The molecule has 1 heterocycles. The summed E-state index contributed by atoms with van der Waals surface area (Å²) in [5.41, 5.74) is 6.91. The van der Waals surface area contributed by atoms with Gasteiger partial charge in [-0.1, -0.05) is 30.3 Å². The van der Waals surface area contributed by atoms with Crippen LogP contribution >= 0.6 is 0 Å². The highest BCUT2D eigenvalue weighted by molar-refractivity contribution is 5.96. The highest BCUT2D eigenvalue weighted by Crippen LogP contribution is 2.32. The van der Waals surface area contributed by atoms with Crippen molar-refractivity contribution in [3.05, 3.63) is 59.7 Å². The molecule has 7 heteroatoms. The molecule has 130 valence electrons. The van der Waals surface area contributed by atoms with Gasteiger partial charge in [0.05, 0.1) is 7.05 Å². The zero-order valence-corrected chi connectivity index (χ0v) is 13.8. The second-order valence-electron chi connectivity index (χ2n) is 5.91. The number of rotatable bonds is 5. The van der Waals surface area contributed by atoms with Crippen molar-refractivity contribution in [1.82, 2.24) is 5.32 Å². The van der Waals surface area contributed by atoms with E-state index in [9.17, 15) is 9.59 Å². The smallest absolute Gasteiger partial charge is 0.319 e. The lowest BCUT2D eigenvalue weighted by atomic mass is 10.0. The van der Waals surface area contributed by atoms with Crippen LogP contribution in [-0.2, 0) is 11.3 Å². The van der Waals surface area contributed by atoms with Gasteiger partial charge in [0.15, 0.2) is 17.5 Å². The molecule has 25 heavy (non-hydrogen) atoms. The molecule has 0 spiro atoms. The molecule has 0 aliphatic carbocycles. The number of quaternary nitrogens is 1. The maximum atomic E-state index is 12.5. The van der Waals surface area contributed by atoms with E-state index in [-0.39, 0.29) is 6.79 Å². The number of hydrogen-bond donors (Lipinski definition) is 3. The Balaban J connectivity index is 1.82. The maximum absolute atomic E-state index is 12.5. The van der Waals surface area contributed by atoms with Gasteiger partial charge in [0.25, 0.3) is 5.91 Å². The Labute approximate surface area is 145 Å². The van der Waals surface area contributed by atoms with Crippen LogP contribution in [0, 0.1) is 0 Å². The van der Waals surface area contributed by atoms with Crippen molar-refractivity contribution >= 4 is 11.9 Å². The summed E-state index contributed by atoms with van der Waals surface area (Å²) in [5, 5.41) is 2.18. The van der Waals surface area contributed by atoms with Crippen molar-refractivity contribution < 1.29 is 24.0 Å². The van der Waals surface area contributed by atoms with Gasteiger partial charge in [-0.25, -0.2) is 4.79 Å². The molecule has 7 nitrogen and oxygen atoms in total. The summed E-state index contributed by atoms with van der Waals surface area (Å²) >= 11 is 0. The number of fused-ring (bicyclic) bond motifs is 1. The van der Waals surface area contributed by atoms with Crippen LogP contribution < -0.4 is 25.4 Å². The maximum Gasteiger partial charge on any atom is 0.319 e. The lowest BCUT2D eigenvalue weighted by molar-refractivity contribution is -0.916. The van der Waals surface area contributed by atoms with Crippen LogP contribution in [0.5, 0.6) is 11.5 Å². The third-order valence-corrected chi connectivity index (χ3v) is 4.05. The molecule has 4 N–H and O–H groups in total. The Morgan fingerprint density at radius 3 is 2.60 bits per heavy atom. The van der Waals surface area contributed by atoms with Gasteiger partial charge in [-0.2, -0.15) is 0 Å². The van der Waals surface area contributed by atoms with Crippen LogP contribution in [0.3, 0.4) is 0 Å². The second kappa shape index (κ2) is 7.23. The Morgan fingerprint density at radius 2 is 1.88 bits per heavy atom. The van der Waals surface area contributed by atoms with E-state index in [1.165, 1.54) is 0 Å². The van der Waals surface area contributed by atoms with Gasteiger partial charge in [-0.05, 0) is 18.2 Å². The number of urea groups is 1. The SMILES string of the molecule is C[NH+](Cc1ccc2c(c1)OCO2)[C@@H](C(=O)NC(N)=O)c1ccccc1. The topological polar surface area (TPSA) is 95.1 Å². The first-order valence-corrected chi connectivity index (χ1v) is 7.90. The Bertz CT molecular complexity index is 779. The number of amides is 3. The van der Waals surface area contributed by atoms with Gasteiger partial charge in [-0.3, -0.25) is 10.1 Å². The Kier molecular flexibility index (Phi) is 4.85. The number of carbonyl (C=O) groups excluding carboxylic acids is 2. The van der Waals surface area contributed by atoms with E-state index >= 15 is 0 Å². The van der Waals surface area contributed by atoms with E-state index in [1.807, 2.05) is 55.6 Å². The van der Waals surface area contributed by atoms with Gasteiger partial charge in [0.2, 0.25) is 6.79 Å². The number of nitrogens with one attached hydrogen (secondary N) is 2. The summed E-state index contributed by atoms with van der Waals surface area (Å²) < 4.78 is 10.7. The largest absolute Gasteiger partial charge is 0.454 e. The fourth-order valence-electron chi connectivity index (χ4n) is 2.97. The van der Waals surface area contributed by atoms with E-state index in [1.54, 1.807) is 0 Å². The number of benzene rings is 2. The number of likely N-dealkylation sites (N-methyl/N-ethyl adjacent to an activating group) is 1. The third-order valence-electron chi connectivity index (χ3n) is 4.05. The molecule has 3 rings (SSSR count). The lowest BCUT2D eigenvalue weighted by Gasteiger charge is -2.24. The van der Waals surface area contributed by atoms with Crippen molar-refractivity contribution in [3.63, 3.8) is 0 Å². The first-order chi connectivity index (χ1) is 12.0. The highest BCUT2D eigenvalue weighted by atomic mass is 16.7. The molecular weight excluding hydrogens is 322 g/mol. The van der Waals surface area contributed by atoms with Crippen LogP contribution in [0.15, 0.2) is 48.5 Å². The summed E-state index contributed by atoms with van der Waals surface area (Å²) in [7, 11) is 1.89. The van der Waals surface area contributed by atoms with E-state index < -0.39 is 18.0 Å². The third kappa shape index (κ3) is 3.89. The van der Waals surface area contributed by atoms with Crippen LogP contribution in [0.4, 0.5) is 4.79 Å². The Morgan fingerprint density at radius 1 is 1.16 bits per heavy atom. The van der Waals surface area contributed by atoms with Gasteiger partial charge >= 0.3 is 6.03 Å². The van der Waals surface area contributed by atoms with Crippen LogP contribution in [0.25, 0.3) is 0 Å². The number of imide groups is 1. The number of primary amides is 1. The standard InChI is InChI=1S/C18H19N3O4/c1-21(10-12-7-8-14-15(9-12)25-11-24-14)16(17(22)20-18(19)23)13-5-3-2-4-6-13/h2-9,16H,10-11H2,1H3,(H3,19,20,22,23)/p+1/t16-/m1/s1. The molecule has 0 saturated carbocycles. The van der Waals surface area contributed by atoms with E-state index in [0.29, 0.717) is 18.0 Å². The predicted molar refractivity (Wildman–Crippen MR) is 90.1 cm³/mol. The van der Waals surface area contributed by atoms with Gasteiger partial charge in [0, 0.05) is 11.1 Å². The number of nitrogens with two attached hydrogens (primary N) is 1. The molecule has 1 aliphatic rings. The molecule has 2 aromatic carbocycles. The average molecular weight is 342 g/mol. The number of carbonyl (C=O) groups is 2. The minimum absolute atomic E-state index is 0.217. The zero-order valence-electron chi connectivity index (χ0n) is 13.8. The van der Waals surface area contributed by atoms with Crippen LogP contribution in [0.2, 0.25) is 0 Å². The van der Waals surface area contributed by atoms with Gasteiger partial charge < -0.3 is 20.1 Å². The van der Waals surface area contributed by atoms with Gasteiger partial charge in [-0.15, -0.1) is 0 Å². The Hall–Kier alpha value is -3.06. The fourth-order valence-corrected chi connectivity index (χ4v) is 2.97. The predicted octanol–water partition coefficient (Wildman–Crippen LogP) is 0.366. The van der Waals surface area contributed by atoms with Crippen molar-refractivity contribution in [1.29, 1.82) is 0 Å². The molecule has 2 aromatic rings. The summed E-state index contributed by atoms with van der Waals surface area (Å²) in [6.07, 6.45) is 0. The molecule has 3 amide bonds. The first-order valence-electron chi connectivity index (χ1n) is 7.90. The van der Waals surface area contributed by atoms with Crippen molar-refractivity contribution in [2.75, 3.05) is 13.8 Å². The second-order valence-corrected chi connectivity index (χ2v) is 5.91. The fraction of sp³-hybridized carbons (Fsp3) is 0.222. The molecule has 1 unspecified atom stereocenters. The van der Waals surface area contributed by atoms with E-state index in [0.717, 1.165) is 16.0 Å².